The van der Waals surface area contributed by atoms with Gasteiger partial charge in [0.1, 0.15) is 0 Å². The Labute approximate surface area is 197 Å². The molecular formula is C26H28F3N5. The third-order valence-electron chi connectivity index (χ3n) is 6.81. The van der Waals surface area contributed by atoms with Gasteiger partial charge in [-0.15, -0.1) is 0 Å². The number of alkyl halides is 3. The van der Waals surface area contributed by atoms with E-state index in [1.807, 2.05) is 19.2 Å². The molecule has 8 heteroatoms. The predicted octanol–water partition coefficient (Wildman–Crippen LogP) is 5.56. The summed E-state index contributed by atoms with van der Waals surface area (Å²) >= 11 is 0. The Kier molecular flexibility index (Phi) is 5.85. The van der Waals surface area contributed by atoms with Crippen molar-refractivity contribution in [2.24, 2.45) is 0 Å². The quantitative estimate of drug-likeness (QED) is 0.545. The van der Waals surface area contributed by atoms with E-state index in [9.17, 15) is 13.2 Å². The maximum atomic E-state index is 12.8. The fourth-order valence-electron chi connectivity index (χ4n) is 4.82. The Balaban J connectivity index is 1.20. The smallest absolute Gasteiger partial charge is 0.351 e. The molecule has 0 spiro atoms. The molecule has 0 saturated carbocycles. The van der Waals surface area contributed by atoms with Crippen LogP contribution in [0, 0.1) is 6.92 Å². The average molecular weight is 468 g/mol. The van der Waals surface area contributed by atoms with Crippen LogP contribution in [0.25, 0.3) is 5.69 Å². The highest BCUT2D eigenvalue weighted by Gasteiger charge is 2.31. The van der Waals surface area contributed by atoms with E-state index in [1.54, 1.807) is 4.68 Å². The second-order valence-corrected chi connectivity index (χ2v) is 9.11. The highest BCUT2D eigenvalue weighted by atomic mass is 19.4. The van der Waals surface area contributed by atoms with Crippen LogP contribution in [-0.4, -0.2) is 38.7 Å². The Hall–Kier alpha value is -3.26. The molecule has 1 N–H and O–H groups in total. The summed E-state index contributed by atoms with van der Waals surface area (Å²) in [6.07, 6.45) is -0.371. The number of likely N-dealkylation sites (tertiary alicyclic amines) is 1. The number of rotatable bonds is 4. The van der Waals surface area contributed by atoms with Crippen molar-refractivity contribution < 1.29 is 13.2 Å². The predicted molar refractivity (Wildman–Crippen MR) is 126 cm³/mol. The van der Waals surface area contributed by atoms with Crippen LogP contribution in [0.2, 0.25) is 0 Å². The van der Waals surface area contributed by atoms with Crippen molar-refractivity contribution in [1.29, 1.82) is 0 Å². The van der Waals surface area contributed by atoms with Gasteiger partial charge in [0.15, 0.2) is 0 Å². The highest BCUT2D eigenvalue weighted by Crippen LogP contribution is 2.32. The van der Waals surface area contributed by atoms with Crippen LogP contribution in [0.15, 0.2) is 67.1 Å². The van der Waals surface area contributed by atoms with Crippen LogP contribution in [0.1, 0.15) is 35.2 Å². The number of anilines is 1. The first-order valence-electron chi connectivity index (χ1n) is 11.5. The van der Waals surface area contributed by atoms with Crippen molar-refractivity contribution in [2.45, 2.75) is 45.1 Å². The number of nitrogens with zero attached hydrogens (tertiary/aromatic N) is 4. The molecule has 0 amide bonds. The highest BCUT2D eigenvalue weighted by molar-refractivity contribution is 5.56. The van der Waals surface area contributed by atoms with Crippen molar-refractivity contribution in [3.8, 4) is 5.69 Å². The van der Waals surface area contributed by atoms with Crippen molar-refractivity contribution in [3.05, 3.63) is 89.5 Å². The van der Waals surface area contributed by atoms with Gasteiger partial charge in [-0.2, -0.15) is 18.3 Å². The Morgan fingerprint density at radius 3 is 2.47 bits per heavy atom. The van der Waals surface area contributed by atoms with E-state index in [4.69, 9.17) is 0 Å². The number of fused-ring (bicyclic) bond motifs is 1. The first kappa shape index (κ1) is 22.5. The second-order valence-electron chi connectivity index (χ2n) is 9.11. The lowest BCUT2D eigenvalue weighted by Crippen LogP contribution is -2.46. The normalized spacial score (nSPS) is 17.5. The SMILES string of the molecule is C=C1Nc2ccccc2CN1C1CCN(Cc2nn(-c3ccc(C(F)(F)F)cc3)cc2C)CC1. The van der Waals surface area contributed by atoms with Crippen molar-refractivity contribution >= 4 is 5.69 Å². The van der Waals surface area contributed by atoms with Gasteiger partial charge < -0.3 is 10.2 Å². The molecule has 2 aliphatic heterocycles. The first-order valence-corrected chi connectivity index (χ1v) is 11.5. The van der Waals surface area contributed by atoms with E-state index in [1.165, 1.54) is 17.7 Å². The first-order chi connectivity index (χ1) is 16.3. The van der Waals surface area contributed by atoms with Gasteiger partial charge in [0.05, 0.1) is 22.8 Å². The summed E-state index contributed by atoms with van der Waals surface area (Å²) in [5.74, 6) is 0.961. The fourth-order valence-corrected chi connectivity index (χ4v) is 4.82. The zero-order valence-electron chi connectivity index (χ0n) is 19.1. The minimum atomic E-state index is -4.34. The second kappa shape index (κ2) is 8.83. The van der Waals surface area contributed by atoms with Crippen molar-refractivity contribution in [3.63, 3.8) is 0 Å². The van der Waals surface area contributed by atoms with E-state index < -0.39 is 11.7 Å². The number of para-hydroxylation sites is 1. The van der Waals surface area contributed by atoms with Crippen LogP contribution >= 0.6 is 0 Å². The fraction of sp³-hybridized carbons (Fsp3) is 0.346. The molecule has 1 aromatic heterocycles. The van der Waals surface area contributed by atoms with E-state index >= 15 is 0 Å². The van der Waals surface area contributed by atoms with Gasteiger partial charge in [-0.1, -0.05) is 24.8 Å². The standard InChI is InChI=1S/C26H28F3N5/c1-18-15-34(23-9-7-21(8-10-23)26(27,28)29)31-25(18)17-32-13-11-22(12-14-32)33-16-20-5-3-4-6-24(20)30-19(33)2/h3-10,15,22,30H,2,11-14,16-17H2,1H3. The molecule has 0 radical (unpaired) electrons. The Morgan fingerprint density at radius 2 is 1.76 bits per heavy atom. The molecule has 1 fully saturated rings. The van der Waals surface area contributed by atoms with E-state index in [2.05, 4.69) is 45.0 Å². The lowest BCUT2D eigenvalue weighted by Gasteiger charge is -2.43. The number of hydrogen-bond acceptors (Lipinski definition) is 4. The average Bonchev–Trinajstić information content (AvgIpc) is 3.19. The van der Waals surface area contributed by atoms with Gasteiger partial charge >= 0.3 is 6.18 Å². The molecular weight excluding hydrogens is 439 g/mol. The minimum absolute atomic E-state index is 0.440. The maximum absolute atomic E-state index is 12.8. The summed E-state index contributed by atoms with van der Waals surface area (Å²) in [7, 11) is 0. The minimum Gasteiger partial charge on any atom is -0.351 e. The molecule has 3 heterocycles. The van der Waals surface area contributed by atoms with E-state index in [0.717, 1.165) is 73.9 Å². The third-order valence-corrected chi connectivity index (χ3v) is 6.81. The van der Waals surface area contributed by atoms with Crippen molar-refractivity contribution in [1.82, 2.24) is 19.6 Å². The van der Waals surface area contributed by atoms with Crippen LogP contribution < -0.4 is 5.32 Å². The van der Waals surface area contributed by atoms with E-state index in [-0.39, 0.29) is 0 Å². The molecule has 0 bridgehead atoms. The molecule has 2 aliphatic rings. The summed E-state index contributed by atoms with van der Waals surface area (Å²) in [6, 6.07) is 13.9. The molecule has 1 saturated heterocycles. The lowest BCUT2D eigenvalue weighted by molar-refractivity contribution is -0.137. The number of piperidine rings is 1. The number of aryl methyl sites for hydroxylation is 1. The molecule has 5 rings (SSSR count). The molecule has 34 heavy (non-hydrogen) atoms. The Morgan fingerprint density at radius 1 is 1.06 bits per heavy atom. The van der Waals surface area contributed by atoms with Gasteiger partial charge in [0, 0.05) is 44.1 Å². The lowest BCUT2D eigenvalue weighted by atomic mass is 10.00. The third kappa shape index (κ3) is 4.55. The molecule has 0 unspecified atom stereocenters. The number of halogens is 3. The van der Waals surface area contributed by atoms with Crippen molar-refractivity contribution in [2.75, 3.05) is 18.4 Å². The van der Waals surface area contributed by atoms with Crippen LogP contribution in [0.3, 0.4) is 0 Å². The maximum Gasteiger partial charge on any atom is 0.416 e. The molecule has 2 aromatic carbocycles. The molecule has 0 aliphatic carbocycles. The summed E-state index contributed by atoms with van der Waals surface area (Å²) in [6.45, 7) is 9.77. The molecule has 3 aromatic rings. The largest absolute Gasteiger partial charge is 0.416 e. The Bertz CT molecular complexity index is 1170. The zero-order valence-corrected chi connectivity index (χ0v) is 19.1. The molecule has 178 valence electrons. The van der Waals surface area contributed by atoms with E-state index in [0.29, 0.717) is 11.7 Å². The van der Waals surface area contributed by atoms with Gasteiger partial charge in [-0.25, -0.2) is 4.68 Å². The van der Waals surface area contributed by atoms with Crippen LogP contribution in [0.5, 0.6) is 0 Å². The summed E-state index contributed by atoms with van der Waals surface area (Å²) in [4.78, 5) is 4.78. The number of hydrogen-bond donors (Lipinski definition) is 1. The van der Waals surface area contributed by atoms with Crippen LogP contribution in [0.4, 0.5) is 18.9 Å². The summed E-state index contributed by atoms with van der Waals surface area (Å²) < 4.78 is 40.2. The van der Waals surface area contributed by atoms with Gasteiger partial charge in [0.25, 0.3) is 0 Å². The summed E-state index contributed by atoms with van der Waals surface area (Å²) in [5, 5.41) is 8.11. The van der Waals surface area contributed by atoms with Crippen LogP contribution in [-0.2, 0) is 19.3 Å². The molecule has 0 atom stereocenters. The molecule has 5 nitrogen and oxygen atoms in total. The van der Waals surface area contributed by atoms with Gasteiger partial charge in [-0.05, 0) is 61.2 Å². The number of nitrogens with one attached hydrogen (secondary N) is 1. The van der Waals surface area contributed by atoms with Gasteiger partial charge in [0.2, 0.25) is 0 Å². The monoisotopic (exact) mass is 467 g/mol. The number of benzene rings is 2. The topological polar surface area (TPSA) is 36.3 Å². The summed E-state index contributed by atoms with van der Waals surface area (Å²) in [5.41, 5.74) is 4.39. The number of aromatic nitrogens is 2. The van der Waals surface area contributed by atoms with Gasteiger partial charge in [-0.3, -0.25) is 4.90 Å². The zero-order chi connectivity index (χ0) is 23.9.